The van der Waals surface area contributed by atoms with Crippen molar-refractivity contribution in [2.45, 2.75) is 38.8 Å². The zero-order valence-corrected chi connectivity index (χ0v) is 16.4. The zero-order valence-electron chi connectivity index (χ0n) is 16.4. The first-order valence-electron chi connectivity index (χ1n) is 9.86. The Morgan fingerprint density at radius 1 is 1.30 bits per heavy atom. The van der Waals surface area contributed by atoms with Gasteiger partial charge in [-0.1, -0.05) is 29.8 Å². The number of hydrogen-bond acceptors (Lipinski definition) is 3. The molecule has 146 valence electrons. The molecular weight excluding hydrogens is 338 g/mol. The highest BCUT2D eigenvalue weighted by Crippen LogP contribution is 2.33. The lowest BCUT2D eigenvalue weighted by Gasteiger charge is -2.32. The molecule has 27 heavy (non-hydrogen) atoms. The number of hydrogen-bond donors (Lipinski definition) is 2. The van der Waals surface area contributed by atoms with E-state index < -0.39 is 0 Å². The highest BCUT2D eigenvalue weighted by Gasteiger charge is 2.27. The van der Waals surface area contributed by atoms with E-state index in [4.69, 9.17) is 4.74 Å². The first-order chi connectivity index (χ1) is 13.3. The summed E-state index contributed by atoms with van der Waals surface area (Å²) in [5, 5.41) is 11.1. The van der Waals surface area contributed by atoms with Gasteiger partial charge in [0.2, 0.25) is 0 Å². The van der Waals surface area contributed by atoms with E-state index >= 15 is 0 Å². The summed E-state index contributed by atoms with van der Waals surface area (Å²) in [6, 6.07) is 10.7. The maximum absolute atomic E-state index is 6.11. The third-order valence-corrected chi connectivity index (χ3v) is 5.02. The Labute approximate surface area is 162 Å². The van der Waals surface area contributed by atoms with E-state index in [9.17, 15) is 0 Å². The third kappa shape index (κ3) is 5.82. The molecule has 1 saturated heterocycles. The number of nitrogens with zero attached hydrogens (tertiary/aromatic N) is 3. The van der Waals surface area contributed by atoms with Gasteiger partial charge in [0.25, 0.3) is 0 Å². The number of guanidine groups is 1. The Kier molecular flexibility index (Phi) is 7.27. The number of aromatic nitrogens is 2. The second-order valence-electron chi connectivity index (χ2n) is 7.11. The topological polar surface area (TPSA) is 63.5 Å². The normalized spacial score (nSPS) is 20.4. The van der Waals surface area contributed by atoms with E-state index in [1.807, 2.05) is 30.2 Å². The van der Waals surface area contributed by atoms with Gasteiger partial charge in [-0.25, -0.2) is 0 Å². The summed E-state index contributed by atoms with van der Waals surface area (Å²) in [7, 11) is 1.82. The Hall–Kier alpha value is -2.34. The van der Waals surface area contributed by atoms with E-state index in [1.54, 1.807) is 0 Å². The first-order valence-corrected chi connectivity index (χ1v) is 9.86. The predicted octanol–water partition coefficient (Wildman–Crippen LogP) is 2.91. The summed E-state index contributed by atoms with van der Waals surface area (Å²) in [4.78, 5) is 4.35. The molecule has 0 saturated carbocycles. The van der Waals surface area contributed by atoms with Gasteiger partial charge in [0.15, 0.2) is 5.96 Å². The van der Waals surface area contributed by atoms with Crippen molar-refractivity contribution in [1.29, 1.82) is 0 Å². The van der Waals surface area contributed by atoms with Gasteiger partial charge in [0.05, 0.1) is 6.10 Å². The van der Waals surface area contributed by atoms with Crippen molar-refractivity contribution in [3.63, 3.8) is 0 Å². The molecule has 2 unspecified atom stereocenters. The summed E-state index contributed by atoms with van der Waals surface area (Å²) >= 11 is 0. The van der Waals surface area contributed by atoms with Crippen molar-refractivity contribution in [1.82, 2.24) is 20.4 Å². The fourth-order valence-corrected chi connectivity index (χ4v) is 3.51. The SMILES string of the molecule is CN=C(NCCCn1cccn1)NCC1CCCOC1c1ccc(C)cc1. The Bertz CT molecular complexity index is 696. The minimum atomic E-state index is 0.157. The van der Waals surface area contributed by atoms with Crippen LogP contribution in [-0.4, -0.2) is 42.5 Å². The minimum Gasteiger partial charge on any atom is -0.373 e. The van der Waals surface area contributed by atoms with Crippen molar-refractivity contribution < 1.29 is 4.74 Å². The van der Waals surface area contributed by atoms with E-state index in [1.165, 1.54) is 17.5 Å². The van der Waals surface area contributed by atoms with Crippen LogP contribution in [0.4, 0.5) is 0 Å². The number of aryl methyl sites for hydroxylation is 2. The van der Waals surface area contributed by atoms with Crippen LogP contribution in [0.25, 0.3) is 0 Å². The zero-order chi connectivity index (χ0) is 18.9. The quantitative estimate of drug-likeness (QED) is 0.447. The van der Waals surface area contributed by atoms with Crippen LogP contribution in [0, 0.1) is 12.8 Å². The predicted molar refractivity (Wildman–Crippen MR) is 109 cm³/mol. The summed E-state index contributed by atoms with van der Waals surface area (Å²) in [6.07, 6.45) is 7.24. The van der Waals surface area contributed by atoms with Gasteiger partial charge < -0.3 is 15.4 Å². The molecule has 0 spiro atoms. The van der Waals surface area contributed by atoms with Crippen LogP contribution in [0.3, 0.4) is 0 Å². The summed E-state index contributed by atoms with van der Waals surface area (Å²) in [5.74, 6) is 1.30. The molecule has 3 rings (SSSR count). The lowest BCUT2D eigenvalue weighted by molar-refractivity contribution is -0.0265. The second-order valence-corrected chi connectivity index (χ2v) is 7.11. The number of aliphatic imine (C=N–C) groups is 1. The minimum absolute atomic E-state index is 0.157. The highest BCUT2D eigenvalue weighted by molar-refractivity contribution is 5.79. The number of nitrogens with one attached hydrogen (secondary N) is 2. The summed E-state index contributed by atoms with van der Waals surface area (Å²) in [5.41, 5.74) is 2.55. The smallest absolute Gasteiger partial charge is 0.190 e. The molecule has 1 fully saturated rings. The molecule has 2 atom stereocenters. The molecule has 0 bridgehead atoms. The Morgan fingerprint density at radius 3 is 2.89 bits per heavy atom. The molecule has 2 heterocycles. The number of ether oxygens (including phenoxy) is 1. The number of benzene rings is 1. The van der Waals surface area contributed by atoms with Crippen LogP contribution < -0.4 is 10.6 Å². The van der Waals surface area contributed by atoms with E-state index in [0.29, 0.717) is 5.92 Å². The van der Waals surface area contributed by atoms with Crippen LogP contribution >= 0.6 is 0 Å². The van der Waals surface area contributed by atoms with Gasteiger partial charge in [-0.05, 0) is 37.8 Å². The van der Waals surface area contributed by atoms with E-state index in [-0.39, 0.29) is 6.10 Å². The summed E-state index contributed by atoms with van der Waals surface area (Å²) in [6.45, 7) is 5.59. The van der Waals surface area contributed by atoms with Gasteiger partial charge in [-0.2, -0.15) is 5.10 Å². The fraction of sp³-hybridized carbons (Fsp3) is 0.524. The fourth-order valence-electron chi connectivity index (χ4n) is 3.51. The molecule has 1 aliphatic heterocycles. The second kappa shape index (κ2) is 10.1. The van der Waals surface area contributed by atoms with Gasteiger partial charge in [0, 0.05) is 51.6 Å². The molecule has 0 aliphatic carbocycles. The van der Waals surface area contributed by atoms with Gasteiger partial charge in [0.1, 0.15) is 0 Å². The molecule has 6 heteroatoms. The van der Waals surface area contributed by atoms with Crippen molar-refractivity contribution >= 4 is 5.96 Å². The maximum Gasteiger partial charge on any atom is 0.190 e. The lowest BCUT2D eigenvalue weighted by Crippen LogP contribution is -2.42. The van der Waals surface area contributed by atoms with E-state index in [0.717, 1.165) is 45.0 Å². The molecule has 1 aromatic carbocycles. The average molecular weight is 370 g/mol. The Morgan fingerprint density at radius 2 is 2.15 bits per heavy atom. The van der Waals surface area contributed by atoms with Crippen LogP contribution in [0.2, 0.25) is 0 Å². The molecular formula is C21H31N5O. The molecule has 1 aromatic heterocycles. The van der Waals surface area contributed by atoms with Gasteiger partial charge in [-0.15, -0.1) is 0 Å². The van der Waals surface area contributed by atoms with Crippen LogP contribution in [0.1, 0.15) is 36.5 Å². The van der Waals surface area contributed by atoms with Crippen LogP contribution in [0.15, 0.2) is 47.7 Å². The first kappa shape index (κ1) is 19.4. The van der Waals surface area contributed by atoms with Gasteiger partial charge >= 0.3 is 0 Å². The standard InChI is InChI=1S/C21H31N5O/c1-17-7-9-18(10-8-17)20-19(6-3-15-27-20)16-24-21(22-2)23-11-4-13-26-14-5-12-25-26/h5,7-10,12,14,19-20H,3-4,6,11,13,15-16H2,1-2H3,(H2,22,23,24). The van der Waals surface area contributed by atoms with Gasteiger partial charge in [-0.3, -0.25) is 9.67 Å². The third-order valence-electron chi connectivity index (χ3n) is 5.02. The summed E-state index contributed by atoms with van der Waals surface area (Å²) < 4.78 is 8.06. The highest BCUT2D eigenvalue weighted by atomic mass is 16.5. The molecule has 0 radical (unpaired) electrons. The van der Waals surface area contributed by atoms with Crippen LogP contribution in [-0.2, 0) is 11.3 Å². The monoisotopic (exact) mass is 369 g/mol. The molecule has 0 amide bonds. The molecule has 2 aromatic rings. The van der Waals surface area contributed by atoms with Crippen molar-refractivity contribution in [3.05, 3.63) is 53.9 Å². The van der Waals surface area contributed by atoms with Crippen molar-refractivity contribution in [2.75, 3.05) is 26.7 Å². The Balaban J connectivity index is 1.46. The largest absolute Gasteiger partial charge is 0.373 e. The molecule has 1 aliphatic rings. The van der Waals surface area contributed by atoms with Crippen molar-refractivity contribution in [2.24, 2.45) is 10.9 Å². The van der Waals surface area contributed by atoms with Crippen LogP contribution in [0.5, 0.6) is 0 Å². The number of rotatable bonds is 7. The average Bonchev–Trinajstić information content (AvgIpc) is 3.22. The van der Waals surface area contributed by atoms with E-state index in [2.05, 4.69) is 51.9 Å². The molecule has 2 N–H and O–H groups in total. The maximum atomic E-state index is 6.11. The molecule has 6 nitrogen and oxygen atoms in total. The lowest BCUT2D eigenvalue weighted by atomic mass is 9.89. The van der Waals surface area contributed by atoms with Crippen molar-refractivity contribution in [3.8, 4) is 0 Å².